The summed E-state index contributed by atoms with van der Waals surface area (Å²) in [4.78, 5) is 0. The lowest BCUT2D eigenvalue weighted by atomic mass is 9.65. The highest BCUT2D eigenvalue weighted by Crippen LogP contribution is 2.45. The second kappa shape index (κ2) is 8.71. The van der Waals surface area contributed by atoms with Crippen LogP contribution in [0.4, 0.5) is 0 Å². The molecule has 3 rings (SSSR count). The molecule has 2 N–H and O–H groups in total. The maximum Gasteiger partial charge on any atom is -0.00772 e. The van der Waals surface area contributed by atoms with E-state index in [4.69, 9.17) is 5.73 Å². The molecule has 3 fully saturated rings. The van der Waals surface area contributed by atoms with Gasteiger partial charge in [-0.3, -0.25) is 0 Å². The summed E-state index contributed by atoms with van der Waals surface area (Å²) >= 11 is 0. The van der Waals surface area contributed by atoms with Crippen LogP contribution in [0.2, 0.25) is 0 Å². The minimum atomic E-state index is 0.894. The molecule has 0 heterocycles. The van der Waals surface area contributed by atoms with E-state index in [1.54, 1.807) is 38.5 Å². The van der Waals surface area contributed by atoms with Gasteiger partial charge in [-0.15, -0.1) is 0 Å². The lowest BCUT2D eigenvalue weighted by molar-refractivity contribution is 0.111. The lowest BCUT2D eigenvalue weighted by Gasteiger charge is -2.40. The van der Waals surface area contributed by atoms with Crippen molar-refractivity contribution in [2.24, 2.45) is 35.3 Å². The highest BCUT2D eigenvalue weighted by atomic mass is 14.5. The fourth-order valence-electron chi connectivity index (χ4n) is 6.05. The second-order valence-electron chi connectivity index (χ2n) is 8.78. The molecule has 0 spiro atoms. The summed E-state index contributed by atoms with van der Waals surface area (Å²) in [6, 6.07) is 0. The van der Waals surface area contributed by atoms with E-state index in [0.29, 0.717) is 0 Å². The van der Waals surface area contributed by atoms with Crippen molar-refractivity contribution >= 4 is 0 Å². The molecule has 3 aliphatic rings. The molecule has 22 heavy (non-hydrogen) atoms. The standard InChI is InChI=1S/C21H39N/c22-16-4-5-17-8-10-19(11-9-17)21-14-12-20(13-15-21)18-6-2-1-3-7-18/h17-21H,1-16,22H2. The van der Waals surface area contributed by atoms with E-state index in [-0.39, 0.29) is 0 Å². The number of hydrogen-bond donors (Lipinski definition) is 1. The first kappa shape index (κ1) is 16.8. The van der Waals surface area contributed by atoms with Crippen LogP contribution in [0.15, 0.2) is 0 Å². The number of rotatable bonds is 5. The molecule has 0 unspecified atom stereocenters. The van der Waals surface area contributed by atoms with Crippen molar-refractivity contribution in [2.45, 2.75) is 96.3 Å². The Labute approximate surface area is 138 Å². The summed E-state index contributed by atoms with van der Waals surface area (Å²) < 4.78 is 0. The molecular weight excluding hydrogens is 266 g/mol. The molecule has 0 saturated heterocycles. The third-order valence-corrected chi connectivity index (χ3v) is 7.51. The molecule has 0 bridgehead atoms. The minimum Gasteiger partial charge on any atom is -0.330 e. The van der Waals surface area contributed by atoms with Crippen LogP contribution in [0.25, 0.3) is 0 Å². The zero-order valence-corrected chi connectivity index (χ0v) is 14.8. The fraction of sp³-hybridized carbons (Fsp3) is 1.00. The fourth-order valence-corrected chi connectivity index (χ4v) is 6.05. The van der Waals surface area contributed by atoms with Gasteiger partial charge in [0.25, 0.3) is 0 Å². The molecule has 1 nitrogen and oxygen atoms in total. The van der Waals surface area contributed by atoms with Crippen LogP contribution < -0.4 is 5.73 Å². The molecule has 0 aromatic heterocycles. The van der Waals surface area contributed by atoms with E-state index >= 15 is 0 Å². The second-order valence-corrected chi connectivity index (χ2v) is 8.78. The first-order valence-corrected chi connectivity index (χ1v) is 10.6. The Morgan fingerprint density at radius 2 is 1.00 bits per heavy atom. The monoisotopic (exact) mass is 305 g/mol. The largest absolute Gasteiger partial charge is 0.330 e. The summed E-state index contributed by atoms with van der Waals surface area (Å²) in [6.45, 7) is 0.894. The van der Waals surface area contributed by atoms with Gasteiger partial charge in [0, 0.05) is 0 Å². The topological polar surface area (TPSA) is 26.0 Å². The third-order valence-electron chi connectivity index (χ3n) is 7.51. The minimum absolute atomic E-state index is 0.894. The Morgan fingerprint density at radius 1 is 0.545 bits per heavy atom. The lowest BCUT2D eigenvalue weighted by Crippen LogP contribution is -2.29. The highest BCUT2D eigenvalue weighted by Gasteiger charge is 2.33. The van der Waals surface area contributed by atoms with Crippen molar-refractivity contribution in [1.29, 1.82) is 0 Å². The van der Waals surface area contributed by atoms with Gasteiger partial charge in [-0.25, -0.2) is 0 Å². The van der Waals surface area contributed by atoms with Gasteiger partial charge in [0.05, 0.1) is 0 Å². The van der Waals surface area contributed by atoms with Gasteiger partial charge in [0.1, 0.15) is 0 Å². The van der Waals surface area contributed by atoms with Crippen molar-refractivity contribution in [2.75, 3.05) is 6.54 Å². The molecule has 0 atom stereocenters. The molecule has 1 heteroatoms. The summed E-state index contributed by atoms with van der Waals surface area (Å²) in [5.41, 5.74) is 5.66. The smallest absolute Gasteiger partial charge is 0.00772 e. The van der Waals surface area contributed by atoms with Crippen molar-refractivity contribution in [3.05, 3.63) is 0 Å². The van der Waals surface area contributed by atoms with Gasteiger partial charge in [0.15, 0.2) is 0 Å². The van der Waals surface area contributed by atoms with Gasteiger partial charge in [-0.1, -0.05) is 44.9 Å². The maximum atomic E-state index is 5.66. The molecule has 128 valence electrons. The van der Waals surface area contributed by atoms with Gasteiger partial charge < -0.3 is 5.73 Å². The Hall–Kier alpha value is -0.0400. The average Bonchev–Trinajstić information content (AvgIpc) is 2.61. The summed E-state index contributed by atoms with van der Waals surface area (Å²) in [5.74, 6) is 5.41. The van der Waals surface area contributed by atoms with Crippen LogP contribution in [0.1, 0.15) is 96.3 Å². The molecular formula is C21H39N. The average molecular weight is 306 g/mol. The van der Waals surface area contributed by atoms with E-state index < -0.39 is 0 Å². The van der Waals surface area contributed by atoms with E-state index in [1.807, 2.05) is 0 Å². The van der Waals surface area contributed by atoms with Gasteiger partial charge in [0.2, 0.25) is 0 Å². The van der Waals surface area contributed by atoms with E-state index in [9.17, 15) is 0 Å². The zero-order chi connectivity index (χ0) is 15.2. The van der Waals surface area contributed by atoms with Crippen molar-refractivity contribution < 1.29 is 0 Å². The Bertz CT molecular complexity index is 291. The van der Waals surface area contributed by atoms with Gasteiger partial charge in [-0.05, 0) is 87.5 Å². The first-order valence-electron chi connectivity index (χ1n) is 10.6. The van der Waals surface area contributed by atoms with E-state index in [0.717, 1.165) is 36.1 Å². The Morgan fingerprint density at radius 3 is 1.50 bits per heavy atom. The quantitative estimate of drug-likeness (QED) is 0.670. The molecule has 3 saturated carbocycles. The van der Waals surface area contributed by atoms with Crippen LogP contribution in [0, 0.1) is 29.6 Å². The molecule has 0 radical (unpaired) electrons. The third kappa shape index (κ3) is 4.49. The van der Waals surface area contributed by atoms with Crippen LogP contribution in [0.3, 0.4) is 0 Å². The summed E-state index contributed by atoms with van der Waals surface area (Å²) in [6.07, 6.45) is 22.7. The maximum absolute atomic E-state index is 5.66. The van der Waals surface area contributed by atoms with Crippen LogP contribution >= 0.6 is 0 Å². The molecule has 3 aliphatic carbocycles. The van der Waals surface area contributed by atoms with Crippen LogP contribution in [0.5, 0.6) is 0 Å². The van der Waals surface area contributed by atoms with Gasteiger partial charge >= 0.3 is 0 Å². The van der Waals surface area contributed by atoms with Crippen molar-refractivity contribution in [3.63, 3.8) is 0 Å². The summed E-state index contributed by atoms with van der Waals surface area (Å²) in [5, 5.41) is 0. The first-order chi connectivity index (χ1) is 10.9. The van der Waals surface area contributed by atoms with Crippen LogP contribution in [-0.4, -0.2) is 6.54 Å². The van der Waals surface area contributed by atoms with Crippen molar-refractivity contribution in [1.82, 2.24) is 0 Å². The molecule has 0 aromatic carbocycles. The van der Waals surface area contributed by atoms with Gasteiger partial charge in [-0.2, -0.15) is 0 Å². The zero-order valence-electron chi connectivity index (χ0n) is 14.8. The normalized spacial score (nSPS) is 38.0. The predicted molar refractivity (Wildman–Crippen MR) is 95.8 cm³/mol. The Kier molecular flexibility index (Phi) is 6.65. The van der Waals surface area contributed by atoms with E-state index in [2.05, 4.69) is 0 Å². The molecule has 0 aromatic rings. The van der Waals surface area contributed by atoms with E-state index in [1.165, 1.54) is 57.8 Å². The van der Waals surface area contributed by atoms with Crippen molar-refractivity contribution in [3.8, 4) is 0 Å². The summed E-state index contributed by atoms with van der Waals surface area (Å²) in [7, 11) is 0. The predicted octanol–water partition coefficient (Wildman–Crippen LogP) is 5.92. The number of hydrogen-bond acceptors (Lipinski definition) is 1. The SMILES string of the molecule is NCCCC1CCC(C2CCC(C3CCCCC3)CC2)CC1. The molecule has 0 amide bonds. The number of nitrogens with two attached hydrogens (primary N) is 1. The molecule has 0 aliphatic heterocycles. The highest BCUT2D eigenvalue weighted by molar-refractivity contribution is 4.84. The van der Waals surface area contributed by atoms with Crippen LogP contribution in [-0.2, 0) is 0 Å². The Balaban J connectivity index is 1.37.